The van der Waals surface area contributed by atoms with Crippen molar-refractivity contribution in [3.05, 3.63) is 0 Å². The molecule has 0 spiro atoms. The molecule has 0 heterocycles. The van der Waals surface area contributed by atoms with Gasteiger partial charge >= 0.3 is 0 Å². The molecule has 1 N–H and O–H groups in total. The molecule has 0 radical (unpaired) electrons. The Labute approximate surface area is 78.5 Å². The van der Waals surface area contributed by atoms with E-state index in [0.717, 1.165) is 6.42 Å². The average molecular weight is 314 g/mol. The molecule has 1 unspecified atom stereocenters. The molecule has 1 atom stereocenters. The Morgan fingerprint density at radius 3 is 2.20 bits per heavy atom. The van der Waals surface area contributed by atoms with Crippen molar-refractivity contribution in [1.29, 1.82) is 0 Å². The smallest absolute Gasteiger partial charge is 0.0459 e. The molecule has 0 saturated heterocycles. The number of hydrogen-bond acceptors (Lipinski definition) is 1. The Kier molecular flexibility index (Phi) is 12.8. The zero-order valence-electron chi connectivity index (χ0n) is 6.97. The quantitative estimate of drug-likeness (QED) is 0.825. The van der Waals surface area contributed by atoms with Gasteiger partial charge in [-0.15, -0.1) is 0 Å². The molecule has 0 rings (SSSR count). The second kappa shape index (κ2) is 9.65. The Hall–Kier alpha value is 0.648. The molecule has 0 fully saturated rings. The molecule has 10 heavy (non-hydrogen) atoms. The molecule has 0 amide bonds. The molecular formula is C8H18OW. The normalized spacial score (nSPS) is 12.3. The molecule has 0 aromatic rings. The first kappa shape index (κ1) is 13.3. The van der Waals surface area contributed by atoms with Crippen LogP contribution in [0.4, 0.5) is 0 Å². The summed E-state index contributed by atoms with van der Waals surface area (Å²) in [5.41, 5.74) is 0. The van der Waals surface area contributed by atoms with E-state index in [1.807, 2.05) is 0 Å². The van der Waals surface area contributed by atoms with Gasteiger partial charge in [-0.05, 0) is 12.3 Å². The first-order chi connectivity index (χ1) is 4.35. The molecule has 0 aliphatic heterocycles. The maximum Gasteiger partial charge on any atom is 0.0459 e. The van der Waals surface area contributed by atoms with E-state index in [1.165, 1.54) is 19.3 Å². The maximum absolute atomic E-state index is 8.75. The molecule has 0 aromatic heterocycles. The Balaban J connectivity index is 0. The Bertz CT molecular complexity index is 53.2. The van der Waals surface area contributed by atoms with E-state index in [9.17, 15) is 0 Å². The summed E-state index contributed by atoms with van der Waals surface area (Å²) >= 11 is 0. The van der Waals surface area contributed by atoms with E-state index in [2.05, 4.69) is 13.8 Å². The van der Waals surface area contributed by atoms with Gasteiger partial charge in [-0.3, -0.25) is 0 Å². The SMILES string of the molecule is CCCCC(CC)CO.[W]. The van der Waals surface area contributed by atoms with Gasteiger partial charge in [-0.2, -0.15) is 0 Å². The van der Waals surface area contributed by atoms with Gasteiger partial charge in [0.15, 0.2) is 0 Å². The van der Waals surface area contributed by atoms with Crippen LogP contribution in [0.5, 0.6) is 0 Å². The molecule has 0 aliphatic carbocycles. The van der Waals surface area contributed by atoms with Gasteiger partial charge in [0.05, 0.1) is 0 Å². The summed E-state index contributed by atoms with van der Waals surface area (Å²) in [6.45, 7) is 4.69. The topological polar surface area (TPSA) is 20.2 Å². The van der Waals surface area contributed by atoms with Gasteiger partial charge in [0.2, 0.25) is 0 Å². The van der Waals surface area contributed by atoms with Crippen molar-refractivity contribution in [1.82, 2.24) is 0 Å². The van der Waals surface area contributed by atoms with Crippen LogP contribution >= 0.6 is 0 Å². The van der Waals surface area contributed by atoms with Crippen molar-refractivity contribution < 1.29 is 26.2 Å². The number of aliphatic hydroxyl groups excluding tert-OH is 1. The van der Waals surface area contributed by atoms with Crippen molar-refractivity contribution in [2.24, 2.45) is 5.92 Å². The summed E-state index contributed by atoms with van der Waals surface area (Å²) in [5.74, 6) is 0.560. The minimum Gasteiger partial charge on any atom is -0.396 e. The zero-order chi connectivity index (χ0) is 7.11. The maximum atomic E-state index is 8.75. The van der Waals surface area contributed by atoms with Gasteiger partial charge in [0.1, 0.15) is 0 Å². The second-order valence-electron chi connectivity index (χ2n) is 2.60. The van der Waals surface area contributed by atoms with Crippen LogP contribution in [0.1, 0.15) is 39.5 Å². The fraction of sp³-hybridized carbons (Fsp3) is 1.00. The van der Waals surface area contributed by atoms with E-state index in [-0.39, 0.29) is 21.1 Å². The van der Waals surface area contributed by atoms with Crippen LogP contribution < -0.4 is 0 Å². The van der Waals surface area contributed by atoms with Gasteiger partial charge in [-0.25, -0.2) is 0 Å². The van der Waals surface area contributed by atoms with Crippen LogP contribution in [0.3, 0.4) is 0 Å². The second-order valence-corrected chi connectivity index (χ2v) is 2.60. The monoisotopic (exact) mass is 314 g/mol. The third kappa shape index (κ3) is 6.76. The van der Waals surface area contributed by atoms with Gasteiger partial charge in [0.25, 0.3) is 0 Å². The average Bonchev–Trinajstić information content (AvgIpc) is 1.91. The zero-order valence-corrected chi connectivity index (χ0v) is 9.90. The minimum absolute atomic E-state index is 0. The summed E-state index contributed by atoms with van der Waals surface area (Å²) in [6.07, 6.45) is 4.83. The number of hydrogen-bond donors (Lipinski definition) is 1. The van der Waals surface area contributed by atoms with Crippen LogP contribution in [0, 0.1) is 5.92 Å². The predicted octanol–water partition coefficient (Wildman–Crippen LogP) is 2.19. The van der Waals surface area contributed by atoms with Crippen LogP contribution in [-0.4, -0.2) is 11.7 Å². The summed E-state index contributed by atoms with van der Waals surface area (Å²) < 4.78 is 0. The Morgan fingerprint density at radius 1 is 1.30 bits per heavy atom. The fourth-order valence-corrected chi connectivity index (χ4v) is 0.917. The van der Waals surface area contributed by atoms with E-state index >= 15 is 0 Å². The molecule has 0 aliphatic rings. The van der Waals surface area contributed by atoms with Crippen LogP contribution in [0.25, 0.3) is 0 Å². The van der Waals surface area contributed by atoms with Crippen molar-refractivity contribution in [3.8, 4) is 0 Å². The third-order valence-corrected chi connectivity index (χ3v) is 1.80. The van der Waals surface area contributed by atoms with Gasteiger partial charge < -0.3 is 5.11 Å². The third-order valence-electron chi connectivity index (χ3n) is 1.80. The molecule has 2 heteroatoms. The molecule has 62 valence electrons. The Morgan fingerprint density at radius 2 is 1.90 bits per heavy atom. The van der Waals surface area contributed by atoms with Crippen LogP contribution in [0.15, 0.2) is 0 Å². The number of rotatable bonds is 5. The molecule has 0 bridgehead atoms. The predicted molar refractivity (Wildman–Crippen MR) is 40.4 cm³/mol. The van der Waals surface area contributed by atoms with E-state index in [0.29, 0.717) is 12.5 Å². The van der Waals surface area contributed by atoms with Crippen molar-refractivity contribution >= 4 is 0 Å². The molecular weight excluding hydrogens is 296 g/mol. The van der Waals surface area contributed by atoms with E-state index < -0.39 is 0 Å². The first-order valence-electron chi connectivity index (χ1n) is 3.96. The molecule has 0 aromatic carbocycles. The van der Waals surface area contributed by atoms with Crippen molar-refractivity contribution in [2.75, 3.05) is 6.61 Å². The summed E-state index contributed by atoms with van der Waals surface area (Å²) in [4.78, 5) is 0. The molecule has 1 nitrogen and oxygen atoms in total. The fourth-order valence-electron chi connectivity index (χ4n) is 0.917. The first-order valence-corrected chi connectivity index (χ1v) is 3.96. The summed E-state index contributed by atoms with van der Waals surface area (Å²) in [7, 11) is 0. The minimum atomic E-state index is 0. The van der Waals surface area contributed by atoms with Gasteiger partial charge in [0, 0.05) is 27.7 Å². The van der Waals surface area contributed by atoms with Crippen LogP contribution in [-0.2, 0) is 21.1 Å². The summed E-state index contributed by atoms with van der Waals surface area (Å²) in [5, 5.41) is 8.75. The van der Waals surface area contributed by atoms with Crippen molar-refractivity contribution in [3.63, 3.8) is 0 Å². The van der Waals surface area contributed by atoms with E-state index in [1.54, 1.807) is 0 Å². The van der Waals surface area contributed by atoms with Crippen LogP contribution in [0.2, 0.25) is 0 Å². The summed E-state index contributed by atoms with van der Waals surface area (Å²) in [6, 6.07) is 0. The van der Waals surface area contributed by atoms with Crippen molar-refractivity contribution in [2.45, 2.75) is 39.5 Å². The number of aliphatic hydroxyl groups is 1. The van der Waals surface area contributed by atoms with E-state index in [4.69, 9.17) is 5.11 Å². The van der Waals surface area contributed by atoms with Gasteiger partial charge in [-0.1, -0.05) is 33.1 Å². The molecule has 0 saturated carbocycles. The standard InChI is InChI=1S/C8H18O.W/c1-3-5-6-8(4-2)7-9;/h8-9H,3-7H2,1-2H3;. The largest absolute Gasteiger partial charge is 0.396 e. The number of unbranched alkanes of at least 4 members (excludes halogenated alkanes) is 1.